The molecule has 0 saturated heterocycles. The van der Waals surface area contributed by atoms with Crippen LogP contribution >= 0.6 is 0 Å². The Morgan fingerprint density at radius 1 is 1.35 bits per heavy atom. The van der Waals surface area contributed by atoms with Crippen LogP contribution in [-0.4, -0.2) is 12.3 Å². The predicted molar refractivity (Wildman–Crippen MR) is 69.0 cm³/mol. The summed E-state index contributed by atoms with van der Waals surface area (Å²) in [5.41, 5.74) is 2.30. The highest BCUT2D eigenvalue weighted by Crippen LogP contribution is 2.22. The van der Waals surface area contributed by atoms with E-state index in [2.05, 4.69) is 10.6 Å². The van der Waals surface area contributed by atoms with Crippen LogP contribution in [0.2, 0.25) is 0 Å². The zero-order valence-corrected chi connectivity index (χ0v) is 10.2. The summed E-state index contributed by atoms with van der Waals surface area (Å²) in [6.07, 6.45) is 2.97. The maximum absolute atomic E-state index is 11.6. The summed E-state index contributed by atoms with van der Waals surface area (Å²) in [7, 11) is 0. The molecular formula is C13H18N2O2. The molecule has 2 amide bonds. The largest absolute Gasteiger partial charge is 0.327 e. The topological polar surface area (TPSA) is 58.2 Å². The first-order valence-electron chi connectivity index (χ1n) is 5.78. The van der Waals surface area contributed by atoms with E-state index < -0.39 is 0 Å². The summed E-state index contributed by atoms with van der Waals surface area (Å²) < 4.78 is 0. The van der Waals surface area contributed by atoms with Crippen molar-refractivity contribution in [2.75, 3.05) is 10.6 Å². The van der Waals surface area contributed by atoms with E-state index >= 15 is 0 Å². The Kier molecular flexibility index (Phi) is 5.20. The Morgan fingerprint density at radius 2 is 2.12 bits per heavy atom. The highest BCUT2D eigenvalue weighted by molar-refractivity contribution is 5.95. The molecule has 0 heterocycles. The highest BCUT2D eigenvalue weighted by atomic mass is 16.1. The van der Waals surface area contributed by atoms with Crippen molar-refractivity contribution in [2.24, 2.45) is 0 Å². The van der Waals surface area contributed by atoms with Gasteiger partial charge in [-0.3, -0.25) is 9.59 Å². The molecular weight excluding hydrogens is 216 g/mol. The van der Waals surface area contributed by atoms with E-state index in [1.165, 1.54) is 0 Å². The predicted octanol–water partition coefficient (Wildman–Crippen LogP) is 2.69. The monoisotopic (exact) mass is 234 g/mol. The lowest BCUT2D eigenvalue weighted by Crippen LogP contribution is -2.12. The average Bonchev–Trinajstić information content (AvgIpc) is 2.30. The number of hydrogen-bond donors (Lipinski definition) is 2. The smallest absolute Gasteiger partial charge is 0.224 e. The van der Waals surface area contributed by atoms with Crippen LogP contribution in [0.25, 0.3) is 0 Å². The molecule has 0 aliphatic heterocycles. The minimum atomic E-state index is -0.0235. The Labute approximate surface area is 101 Å². The van der Waals surface area contributed by atoms with Crippen LogP contribution < -0.4 is 10.6 Å². The molecule has 0 radical (unpaired) electrons. The first-order valence-corrected chi connectivity index (χ1v) is 5.78. The summed E-state index contributed by atoms with van der Waals surface area (Å²) in [6.45, 7) is 3.97. The maximum Gasteiger partial charge on any atom is 0.224 e. The van der Waals surface area contributed by atoms with Gasteiger partial charge in [-0.15, -0.1) is 0 Å². The van der Waals surface area contributed by atoms with Crippen LogP contribution in [-0.2, 0) is 9.59 Å². The van der Waals surface area contributed by atoms with Crippen molar-refractivity contribution in [3.05, 3.63) is 23.8 Å². The van der Waals surface area contributed by atoms with Gasteiger partial charge in [0.25, 0.3) is 0 Å². The number of anilines is 2. The number of carbonyl (C=O) groups excluding carboxylic acids is 2. The van der Waals surface area contributed by atoms with Gasteiger partial charge in [-0.25, -0.2) is 0 Å². The highest BCUT2D eigenvalue weighted by Gasteiger charge is 2.06. The molecule has 0 bridgehead atoms. The fourth-order valence-corrected chi connectivity index (χ4v) is 1.50. The first-order chi connectivity index (χ1) is 8.17. The second-order valence-electron chi connectivity index (χ2n) is 3.96. The van der Waals surface area contributed by atoms with Gasteiger partial charge < -0.3 is 10.6 Å². The molecule has 0 aliphatic carbocycles. The number of amides is 2. The molecule has 4 heteroatoms. The van der Waals surface area contributed by atoms with E-state index in [9.17, 15) is 9.59 Å². The minimum Gasteiger partial charge on any atom is -0.327 e. The molecule has 92 valence electrons. The Bertz CT molecular complexity index is 402. The normalized spacial score (nSPS) is 9.76. The molecule has 1 aromatic carbocycles. The van der Waals surface area contributed by atoms with Crippen LogP contribution in [0.3, 0.4) is 0 Å². The van der Waals surface area contributed by atoms with Gasteiger partial charge in [0.1, 0.15) is 0 Å². The number of benzene rings is 1. The van der Waals surface area contributed by atoms with E-state index in [0.717, 1.165) is 18.4 Å². The molecule has 0 aliphatic rings. The number of carbonyl (C=O) groups is 2. The van der Waals surface area contributed by atoms with Gasteiger partial charge in [-0.2, -0.15) is 0 Å². The van der Waals surface area contributed by atoms with Crippen molar-refractivity contribution in [1.82, 2.24) is 0 Å². The molecule has 1 aromatic rings. The van der Waals surface area contributed by atoms with E-state index in [1.807, 2.05) is 26.0 Å². The van der Waals surface area contributed by atoms with E-state index in [-0.39, 0.29) is 5.91 Å². The van der Waals surface area contributed by atoms with Crippen LogP contribution in [0.15, 0.2) is 18.2 Å². The third-order valence-corrected chi connectivity index (χ3v) is 2.42. The fourth-order valence-electron chi connectivity index (χ4n) is 1.50. The van der Waals surface area contributed by atoms with Gasteiger partial charge >= 0.3 is 0 Å². The molecule has 4 nitrogen and oxygen atoms in total. The van der Waals surface area contributed by atoms with Crippen LogP contribution in [0.5, 0.6) is 0 Å². The average molecular weight is 234 g/mol. The zero-order valence-electron chi connectivity index (χ0n) is 10.2. The van der Waals surface area contributed by atoms with Crippen LogP contribution in [0.4, 0.5) is 11.4 Å². The summed E-state index contributed by atoms with van der Waals surface area (Å²) >= 11 is 0. The minimum absolute atomic E-state index is 0.0235. The summed E-state index contributed by atoms with van der Waals surface area (Å²) in [5.74, 6) is -0.0235. The standard InChI is InChI=1S/C13H18N2O2/c1-3-4-5-13(17)15-11-7-6-10(2)8-12(11)14-9-16/h6-9H,3-5H2,1-2H3,(H,14,16)(H,15,17). The number of aryl methyl sites for hydroxylation is 1. The van der Waals surface area contributed by atoms with Crippen molar-refractivity contribution in [3.8, 4) is 0 Å². The molecule has 1 rings (SSSR count). The number of unbranched alkanes of at least 4 members (excludes halogenated alkanes) is 1. The second-order valence-corrected chi connectivity index (χ2v) is 3.96. The lowest BCUT2D eigenvalue weighted by Gasteiger charge is -2.10. The molecule has 0 unspecified atom stereocenters. The summed E-state index contributed by atoms with van der Waals surface area (Å²) in [5, 5.41) is 5.38. The van der Waals surface area contributed by atoms with Crippen molar-refractivity contribution < 1.29 is 9.59 Å². The van der Waals surface area contributed by atoms with Gasteiger partial charge in [0.2, 0.25) is 12.3 Å². The van der Waals surface area contributed by atoms with Crippen molar-refractivity contribution >= 4 is 23.7 Å². The molecule has 0 aromatic heterocycles. The molecule has 17 heavy (non-hydrogen) atoms. The van der Waals surface area contributed by atoms with Crippen LogP contribution in [0, 0.1) is 6.92 Å². The quantitative estimate of drug-likeness (QED) is 0.743. The number of hydrogen-bond acceptors (Lipinski definition) is 2. The summed E-state index contributed by atoms with van der Waals surface area (Å²) in [4.78, 5) is 22.1. The van der Waals surface area contributed by atoms with Gasteiger partial charge in [0.05, 0.1) is 11.4 Å². The zero-order chi connectivity index (χ0) is 12.7. The van der Waals surface area contributed by atoms with Crippen LogP contribution in [0.1, 0.15) is 31.7 Å². The van der Waals surface area contributed by atoms with Crippen molar-refractivity contribution in [3.63, 3.8) is 0 Å². The Balaban J connectivity index is 2.75. The summed E-state index contributed by atoms with van der Waals surface area (Å²) in [6, 6.07) is 5.51. The van der Waals surface area contributed by atoms with Crippen molar-refractivity contribution in [2.45, 2.75) is 33.1 Å². The maximum atomic E-state index is 11.6. The Hall–Kier alpha value is -1.84. The first kappa shape index (κ1) is 13.2. The fraction of sp³-hybridized carbons (Fsp3) is 0.385. The molecule has 0 atom stereocenters. The van der Waals surface area contributed by atoms with Crippen molar-refractivity contribution in [1.29, 1.82) is 0 Å². The van der Waals surface area contributed by atoms with Gasteiger partial charge in [0.15, 0.2) is 0 Å². The molecule has 0 fully saturated rings. The lowest BCUT2D eigenvalue weighted by atomic mass is 10.2. The molecule has 0 spiro atoms. The lowest BCUT2D eigenvalue weighted by molar-refractivity contribution is -0.116. The molecule has 0 saturated carbocycles. The number of nitrogens with one attached hydrogen (secondary N) is 2. The van der Waals surface area contributed by atoms with E-state index in [4.69, 9.17) is 0 Å². The van der Waals surface area contributed by atoms with Gasteiger partial charge in [0, 0.05) is 6.42 Å². The Morgan fingerprint density at radius 3 is 2.76 bits per heavy atom. The molecule has 2 N–H and O–H groups in total. The SMILES string of the molecule is CCCCC(=O)Nc1ccc(C)cc1NC=O. The van der Waals surface area contributed by atoms with E-state index in [0.29, 0.717) is 24.2 Å². The third kappa shape index (κ3) is 4.26. The third-order valence-electron chi connectivity index (χ3n) is 2.42. The number of rotatable bonds is 6. The van der Waals surface area contributed by atoms with E-state index in [1.54, 1.807) is 6.07 Å². The second kappa shape index (κ2) is 6.68. The van der Waals surface area contributed by atoms with Gasteiger partial charge in [-0.1, -0.05) is 19.4 Å². The van der Waals surface area contributed by atoms with Gasteiger partial charge in [-0.05, 0) is 31.0 Å².